The minimum Gasteiger partial charge on any atom is -0.497 e. The maximum Gasteiger partial charge on any atom is 0.270 e. The van der Waals surface area contributed by atoms with Crippen LogP contribution in [-0.4, -0.2) is 35.7 Å². The molecule has 9 heteroatoms. The van der Waals surface area contributed by atoms with Crippen LogP contribution in [0.2, 0.25) is 5.02 Å². The highest BCUT2D eigenvalue weighted by atomic mass is 35.5. The maximum atomic E-state index is 13.4. The summed E-state index contributed by atoms with van der Waals surface area (Å²) in [5, 5.41) is 3.16. The van der Waals surface area contributed by atoms with Crippen molar-refractivity contribution in [2.24, 2.45) is 0 Å². The van der Waals surface area contributed by atoms with Crippen molar-refractivity contribution in [1.29, 1.82) is 0 Å². The molecule has 162 valence electrons. The van der Waals surface area contributed by atoms with Crippen LogP contribution in [0.3, 0.4) is 0 Å². The number of thiocarbonyl (C=S) groups is 1. The van der Waals surface area contributed by atoms with E-state index >= 15 is 0 Å². The van der Waals surface area contributed by atoms with Crippen molar-refractivity contribution < 1.29 is 19.1 Å². The highest BCUT2D eigenvalue weighted by molar-refractivity contribution is 7.80. The van der Waals surface area contributed by atoms with E-state index in [2.05, 4.69) is 5.32 Å². The molecule has 0 bridgehead atoms. The first kappa shape index (κ1) is 21.6. The number of aromatic nitrogens is 1. The Balaban J connectivity index is 1.75. The van der Waals surface area contributed by atoms with E-state index in [0.717, 1.165) is 5.69 Å². The molecule has 1 saturated heterocycles. The van der Waals surface area contributed by atoms with E-state index in [1.54, 1.807) is 36.4 Å². The van der Waals surface area contributed by atoms with Gasteiger partial charge in [0.2, 0.25) is 0 Å². The van der Waals surface area contributed by atoms with Gasteiger partial charge in [-0.15, -0.1) is 0 Å². The van der Waals surface area contributed by atoms with Gasteiger partial charge in [0, 0.05) is 28.7 Å². The summed E-state index contributed by atoms with van der Waals surface area (Å²) in [7, 11) is 3.01. The van der Waals surface area contributed by atoms with Crippen molar-refractivity contribution in [1.82, 2.24) is 9.88 Å². The number of amides is 2. The first-order valence-electron chi connectivity index (χ1n) is 9.49. The van der Waals surface area contributed by atoms with Gasteiger partial charge in [-0.25, -0.2) is 4.90 Å². The van der Waals surface area contributed by atoms with Crippen molar-refractivity contribution in [2.75, 3.05) is 19.1 Å². The fourth-order valence-electron chi connectivity index (χ4n) is 3.34. The molecule has 2 amide bonds. The lowest BCUT2D eigenvalue weighted by molar-refractivity contribution is -0.122. The van der Waals surface area contributed by atoms with Crippen LogP contribution in [0.5, 0.6) is 11.5 Å². The smallest absolute Gasteiger partial charge is 0.270 e. The lowest BCUT2D eigenvalue weighted by Crippen LogP contribution is -2.54. The average Bonchev–Trinajstić information content (AvgIpc) is 3.25. The molecular formula is C23H18ClN3O4S. The number of halogens is 1. The topological polar surface area (TPSA) is 72.8 Å². The van der Waals surface area contributed by atoms with Gasteiger partial charge < -0.3 is 14.0 Å². The zero-order chi connectivity index (χ0) is 22.8. The zero-order valence-corrected chi connectivity index (χ0v) is 18.7. The highest BCUT2D eigenvalue weighted by Gasteiger charge is 2.36. The Bertz CT molecular complexity index is 1250. The Morgan fingerprint density at radius 1 is 1.03 bits per heavy atom. The van der Waals surface area contributed by atoms with Gasteiger partial charge in [-0.2, -0.15) is 0 Å². The molecule has 7 nitrogen and oxygen atoms in total. The van der Waals surface area contributed by atoms with Crippen LogP contribution in [-0.2, 0) is 9.59 Å². The number of hydrogen-bond acceptors (Lipinski definition) is 5. The molecule has 0 spiro atoms. The van der Waals surface area contributed by atoms with Crippen LogP contribution < -0.4 is 19.7 Å². The molecule has 4 rings (SSSR count). The molecule has 2 aromatic carbocycles. The van der Waals surface area contributed by atoms with Crippen LogP contribution >= 0.6 is 23.8 Å². The number of anilines is 1. The number of nitrogens with zero attached hydrogens (tertiary/aromatic N) is 2. The standard InChI is InChI=1S/C23H18ClN3O4S/c1-30-17-9-10-19(20(13-17)31-2)27-22(29)18(21(28)25-23(27)32)12-16-4-3-11-26(16)15-7-5-14(24)6-8-15/h3-13H,1-2H3,(H,25,28,32)/b18-12+. The van der Waals surface area contributed by atoms with E-state index in [1.165, 1.54) is 25.2 Å². The number of ether oxygens (including phenoxy) is 2. The van der Waals surface area contributed by atoms with Crippen LogP contribution in [0.1, 0.15) is 5.69 Å². The third-order valence-electron chi connectivity index (χ3n) is 4.91. The fraction of sp³-hybridized carbons (Fsp3) is 0.0870. The van der Waals surface area contributed by atoms with Gasteiger partial charge in [-0.05, 0) is 66.8 Å². The van der Waals surface area contributed by atoms with Crippen LogP contribution in [0, 0.1) is 0 Å². The van der Waals surface area contributed by atoms with E-state index in [9.17, 15) is 9.59 Å². The first-order chi connectivity index (χ1) is 15.4. The summed E-state index contributed by atoms with van der Waals surface area (Å²) in [5.74, 6) is -0.208. The largest absolute Gasteiger partial charge is 0.497 e. The van der Waals surface area contributed by atoms with E-state index < -0.39 is 11.8 Å². The minimum absolute atomic E-state index is 0.0336. The number of carbonyl (C=O) groups excluding carboxylic acids is 2. The van der Waals surface area contributed by atoms with Gasteiger partial charge in [0.05, 0.1) is 19.9 Å². The van der Waals surface area contributed by atoms with Crippen molar-refractivity contribution in [2.45, 2.75) is 0 Å². The second-order valence-corrected chi connectivity index (χ2v) is 7.60. The number of rotatable bonds is 5. The van der Waals surface area contributed by atoms with E-state index in [4.69, 9.17) is 33.3 Å². The molecule has 1 aliphatic rings. The Morgan fingerprint density at radius 3 is 2.47 bits per heavy atom. The summed E-state index contributed by atoms with van der Waals surface area (Å²) in [6.45, 7) is 0. The molecule has 2 heterocycles. The van der Waals surface area contributed by atoms with E-state index in [0.29, 0.717) is 27.9 Å². The molecule has 1 fully saturated rings. The summed E-state index contributed by atoms with van der Waals surface area (Å²) >= 11 is 11.3. The molecule has 0 atom stereocenters. The molecule has 1 aromatic heterocycles. The van der Waals surface area contributed by atoms with Crippen LogP contribution in [0.4, 0.5) is 5.69 Å². The molecule has 0 aliphatic carbocycles. The van der Waals surface area contributed by atoms with Crippen molar-refractivity contribution in [3.63, 3.8) is 0 Å². The molecule has 1 aliphatic heterocycles. The molecule has 0 saturated carbocycles. The summed E-state index contributed by atoms with van der Waals surface area (Å²) in [6.07, 6.45) is 3.35. The fourth-order valence-corrected chi connectivity index (χ4v) is 3.74. The zero-order valence-electron chi connectivity index (χ0n) is 17.2. The quantitative estimate of drug-likeness (QED) is 0.349. The Morgan fingerprint density at radius 2 is 1.78 bits per heavy atom. The second kappa shape index (κ2) is 8.86. The Labute approximate surface area is 194 Å². The predicted octanol–water partition coefficient (Wildman–Crippen LogP) is 3.98. The molecule has 32 heavy (non-hydrogen) atoms. The van der Waals surface area contributed by atoms with Gasteiger partial charge in [0.15, 0.2) is 5.11 Å². The molecule has 3 aromatic rings. The number of carbonyl (C=O) groups is 2. The van der Waals surface area contributed by atoms with Gasteiger partial charge in [0.1, 0.15) is 17.1 Å². The predicted molar refractivity (Wildman–Crippen MR) is 127 cm³/mol. The van der Waals surface area contributed by atoms with Crippen LogP contribution in [0.15, 0.2) is 66.4 Å². The van der Waals surface area contributed by atoms with Gasteiger partial charge in [0.25, 0.3) is 11.8 Å². The number of nitrogens with one attached hydrogen (secondary N) is 1. The number of hydrogen-bond donors (Lipinski definition) is 1. The lowest BCUT2D eigenvalue weighted by Gasteiger charge is -2.30. The van der Waals surface area contributed by atoms with Crippen molar-refractivity contribution >= 4 is 52.5 Å². The first-order valence-corrected chi connectivity index (χ1v) is 10.3. The highest BCUT2D eigenvalue weighted by Crippen LogP contribution is 2.34. The average molecular weight is 468 g/mol. The van der Waals surface area contributed by atoms with Gasteiger partial charge >= 0.3 is 0 Å². The normalized spacial score (nSPS) is 15.2. The third-order valence-corrected chi connectivity index (χ3v) is 5.44. The Kier molecular flexibility index (Phi) is 5.98. The number of benzene rings is 2. The lowest BCUT2D eigenvalue weighted by atomic mass is 10.1. The van der Waals surface area contributed by atoms with Crippen molar-refractivity contribution in [3.8, 4) is 17.2 Å². The summed E-state index contributed by atoms with van der Waals surface area (Å²) in [5.41, 5.74) is 1.80. The maximum absolute atomic E-state index is 13.4. The molecule has 0 unspecified atom stereocenters. The Hall–Kier alpha value is -3.62. The molecule has 0 radical (unpaired) electrons. The molecule has 1 N–H and O–H groups in total. The summed E-state index contributed by atoms with van der Waals surface area (Å²) < 4.78 is 12.5. The van der Waals surface area contributed by atoms with E-state index in [1.807, 2.05) is 29.0 Å². The summed E-state index contributed by atoms with van der Waals surface area (Å²) in [6, 6.07) is 15.8. The molecular weight excluding hydrogens is 450 g/mol. The number of methoxy groups -OCH3 is 2. The summed E-state index contributed by atoms with van der Waals surface area (Å²) in [4.78, 5) is 27.3. The second-order valence-electron chi connectivity index (χ2n) is 6.78. The SMILES string of the molecule is COc1ccc(N2C(=O)/C(=C/c3cccn3-c3ccc(Cl)cc3)C(=O)NC2=S)c(OC)c1. The van der Waals surface area contributed by atoms with Gasteiger partial charge in [-0.3, -0.25) is 14.9 Å². The monoisotopic (exact) mass is 467 g/mol. The van der Waals surface area contributed by atoms with Crippen LogP contribution in [0.25, 0.3) is 11.8 Å². The third kappa shape index (κ3) is 3.98. The minimum atomic E-state index is -0.576. The van der Waals surface area contributed by atoms with E-state index in [-0.39, 0.29) is 10.7 Å². The van der Waals surface area contributed by atoms with Crippen molar-refractivity contribution in [3.05, 3.63) is 77.1 Å². The van der Waals surface area contributed by atoms with Gasteiger partial charge in [-0.1, -0.05) is 11.6 Å².